The molecule has 0 unspecified atom stereocenters. The van der Waals surface area contributed by atoms with Crippen molar-refractivity contribution in [3.63, 3.8) is 0 Å². The first kappa shape index (κ1) is 12.7. The maximum atomic E-state index is 11.1. The molecule has 20 heavy (non-hydrogen) atoms. The summed E-state index contributed by atoms with van der Waals surface area (Å²) in [6.45, 7) is 0. The van der Waals surface area contributed by atoms with Crippen molar-refractivity contribution in [2.45, 2.75) is 0 Å². The molecule has 1 heterocycles. The summed E-state index contributed by atoms with van der Waals surface area (Å²) in [5, 5.41) is 0.735. The molecule has 3 rings (SSSR count). The van der Waals surface area contributed by atoms with Crippen molar-refractivity contribution in [1.82, 2.24) is 4.98 Å². The summed E-state index contributed by atoms with van der Waals surface area (Å²) >= 11 is 5.89. The Morgan fingerprint density at radius 3 is 1.60 bits per heavy atom. The summed E-state index contributed by atoms with van der Waals surface area (Å²) in [5.74, 6) is 0. The van der Waals surface area contributed by atoms with Crippen LogP contribution in [0.25, 0.3) is 22.3 Å². The number of aromatic nitrogens is 1. The Bertz CT molecular complexity index is 753. The molecule has 0 aliphatic heterocycles. The van der Waals surface area contributed by atoms with Crippen LogP contribution in [0.1, 0.15) is 0 Å². The molecule has 0 radical (unpaired) electrons. The first-order chi connectivity index (χ1) is 9.72. The van der Waals surface area contributed by atoms with E-state index in [-0.39, 0.29) is 5.56 Å². The molecule has 0 saturated carbocycles. The van der Waals surface area contributed by atoms with E-state index in [1.165, 1.54) is 6.07 Å². The van der Waals surface area contributed by atoms with Gasteiger partial charge in [-0.15, -0.1) is 0 Å². The maximum absolute atomic E-state index is 11.1. The fraction of sp³-hybridized carbons (Fsp3) is 0. The van der Waals surface area contributed by atoms with Gasteiger partial charge in [-0.1, -0.05) is 48.0 Å². The number of halogens is 1. The van der Waals surface area contributed by atoms with Crippen molar-refractivity contribution in [3.05, 3.63) is 82.2 Å². The van der Waals surface area contributed by atoms with Crippen LogP contribution in [-0.2, 0) is 0 Å². The Balaban J connectivity index is 1.93. The van der Waals surface area contributed by atoms with Gasteiger partial charge in [-0.2, -0.15) is 0 Å². The van der Waals surface area contributed by atoms with Gasteiger partial charge in [-0.05, 0) is 40.5 Å². The summed E-state index contributed by atoms with van der Waals surface area (Å²) in [6, 6.07) is 19.3. The van der Waals surface area contributed by atoms with Gasteiger partial charge in [0.2, 0.25) is 5.56 Å². The third-order valence-corrected chi connectivity index (χ3v) is 3.43. The highest BCUT2D eigenvalue weighted by Crippen LogP contribution is 2.25. The van der Waals surface area contributed by atoms with E-state index in [9.17, 15) is 4.79 Å². The van der Waals surface area contributed by atoms with Crippen molar-refractivity contribution in [3.8, 4) is 22.3 Å². The average molecular weight is 282 g/mol. The highest BCUT2D eigenvalue weighted by Gasteiger charge is 2.00. The molecule has 0 spiro atoms. The van der Waals surface area contributed by atoms with Crippen LogP contribution in [0.4, 0.5) is 0 Å². The zero-order chi connectivity index (χ0) is 13.9. The zero-order valence-electron chi connectivity index (χ0n) is 10.6. The minimum atomic E-state index is -0.0912. The number of rotatable bonds is 2. The lowest BCUT2D eigenvalue weighted by Crippen LogP contribution is -2.01. The summed E-state index contributed by atoms with van der Waals surface area (Å²) in [7, 11) is 0. The molecule has 3 heteroatoms. The number of benzene rings is 2. The number of aromatic amines is 1. The quantitative estimate of drug-likeness (QED) is 0.744. The van der Waals surface area contributed by atoms with E-state index in [0.717, 1.165) is 27.3 Å². The number of hydrogen-bond donors (Lipinski definition) is 1. The number of H-pyrrole nitrogens is 1. The van der Waals surface area contributed by atoms with Gasteiger partial charge in [-0.25, -0.2) is 0 Å². The molecule has 2 aromatic carbocycles. The van der Waals surface area contributed by atoms with Crippen molar-refractivity contribution in [2.75, 3.05) is 0 Å². The SMILES string of the molecule is O=c1ccc(-c2ccc(-c3ccc(Cl)cc3)cc2)c[nH]1. The van der Waals surface area contributed by atoms with Crippen LogP contribution < -0.4 is 5.56 Å². The van der Waals surface area contributed by atoms with E-state index < -0.39 is 0 Å². The smallest absolute Gasteiger partial charge is 0.247 e. The van der Waals surface area contributed by atoms with Crippen LogP contribution in [0.3, 0.4) is 0 Å². The van der Waals surface area contributed by atoms with Gasteiger partial charge in [0.1, 0.15) is 0 Å². The molecular formula is C17H12ClNO. The van der Waals surface area contributed by atoms with Crippen LogP contribution in [0, 0.1) is 0 Å². The first-order valence-electron chi connectivity index (χ1n) is 6.27. The molecule has 0 aliphatic rings. The van der Waals surface area contributed by atoms with Crippen molar-refractivity contribution in [2.24, 2.45) is 0 Å². The minimum absolute atomic E-state index is 0.0912. The summed E-state index contributed by atoms with van der Waals surface area (Å²) in [5.41, 5.74) is 4.23. The van der Waals surface area contributed by atoms with Crippen molar-refractivity contribution in [1.29, 1.82) is 0 Å². The molecule has 0 atom stereocenters. The summed E-state index contributed by atoms with van der Waals surface area (Å²) < 4.78 is 0. The minimum Gasteiger partial charge on any atom is -0.328 e. The third-order valence-electron chi connectivity index (χ3n) is 3.18. The van der Waals surface area contributed by atoms with Gasteiger partial charge in [0.15, 0.2) is 0 Å². The Morgan fingerprint density at radius 2 is 1.10 bits per heavy atom. The molecule has 3 aromatic rings. The lowest BCUT2D eigenvalue weighted by atomic mass is 10.0. The lowest BCUT2D eigenvalue weighted by molar-refractivity contribution is 1.24. The van der Waals surface area contributed by atoms with Crippen molar-refractivity contribution < 1.29 is 0 Å². The van der Waals surface area contributed by atoms with Gasteiger partial charge in [0, 0.05) is 17.3 Å². The average Bonchev–Trinajstić information content (AvgIpc) is 2.49. The van der Waals surface area contributed by atoms with E-state index in [1.54, 1.807) is 6.20 Å². The number of nitrogens with one attached hydrogen (secondary N) is 1. The summed E-state index contributed by atoms with van der Waals surface area (Å²) in [6.07, 6.45) is 1.72. The van der Waals surface area contributed by atoms with Gasteiger partial charge in [-0.3, -0.25) is 4.79 Å². The highest BCUT2D eigenvalue weighted by molar-refractivity contribution is 6.30. The molecule has 0 bridgehead atoms. The molecule has 0 fully saturated rings. The highest BCUT2D eigenvalue weighted by atomic mass is 35.5. The molecule has 0 amide bonds. The maximum Gasteiger partial charge on any atom is 0.247 e. The second-order valence-corrected chi connectivity index (χ2v) is 4.96. The van der Waals surface area contributed by atoms with Gasteiger partial charge < -0.3 is 4.98 Å². The standard InChI is InChI=1S/C17H12ClNO/c18-16-8-5-13(6-9-16)12-1-3-14(4-2-12)15-7-10-17(20)19-11-15/h1-11H,(H,19,20). The molecule has 0 aliphatic carbocycles. The Morgan fingerprint density at radius 1 is 0.650 bits per heavy atom. The molecule has 1 N–H and O–H groups in total. The largest absolute Gasteiger partial charge is 0.328 e. The van der Waals surface area contributed by atoms with Crippen LogP contribution in [0.2, 0.25) is 5.02 Å². The van der Waals surface area contributed by atoms with Gasteiger partial charge in [0.25, 0.3) is 0 Å². The van der Waals surface area contributed by atoms with E-state index in [1.807, 2.05) is 42.5 Å². The van der Waals surface area contributed by atoms with Crippen LogP contribution in [0.15, 0.2) is 71.7 Å². The monoisotopic (exact) mass is 281 g/mol. The first-order valence-corrected chi connectivity index (χ1v) is 6.65. The van der Waals surface area contributed by atoms with Gasteiger partial charge in [0.05, 0.1) is 0 Å². The predicted molar refractivity (Wildman–Crippen MR) is 82.9 cm³/mol. The summed E-state index contributed by atoms with van der Waals surface area (Å²) in [4.78, 5) is 13.7. The third kappa shape index (κ3) is 2.65. The Hall–Kier alpha value is -2.32. The molecule has 1 aromatic heterocycles. The number of pyridine rings is 1. The normalized spacial score (nSPS) is 10.4. The van der Waals surface area contributed by atoms with Crippen molar-refractivity contribution >= 4 is 11.6 Å². The second-order valence-electron chi connectivity index (χ2n) is 4.53. The Kier molecular flexibility index (Phi) is 3.40. The zero-order valence-corrected chi connectivity index (χ0v) is 11.4. The van der Waals surface area contributed by atoms with E-state index >= 15 is 0 Å². The predicted octanol–water partition coefficient (Wildman–Crippen LogP) is 4.36. The topological polar surface area (TPSA) is 32.9 Å². The van der Waals surface area contributed by atoms with Crippen LogP contribution >= 0.6 is 11.6 Å². The molecule has 2 nitrogen and oxygen atoms in total. The van der Waals surface area contributed by atoms with Crippen LogP contribution in [0.5, 0.6) is 0 Å². The lowest BCUT2D eigenvalue weighted by Gasteiger charge is -2.05. The number of hydrogen-bond acceptors (Lipinski definition) is 1. The fourth-order valence-corrected chi connectivity index (χ4v) is 2.21. The molecule has 0 saturated heterocycles. The Labute approximate surface area is 121 Å². The van der Waals surface area contributed by atoms with Crippen LogP contribution in [-0.4, -0.2) is 4.98 Å². The van der Waals surface area contributed by atoms with E-state index in [2.05, 4.69) is 17.1 Å². The molecular weight excluding hydrogens is 270 g/mol. The fourth-order valence-electron chi connectivity index (χ4n) is 2.09. The van der Waals surface area contributed by atoms with E-state index in [0.29, 0.717) is 0 Å². The molecule has 98 valence electrons. The van der Waals surface area contributed by atoms with E-state index in [4.69, 9.17) is 11.6 Å². The second kappa shape index (κ2) is 5.35. The van der Waals surface area contributed by atoms with Gasteiger partial charge >= 0.3 is 0 Å².